The smallest absolute Gasteiger partial charge is 0.315 e. The van der Waals surface area contributed by atoms with Gasteiger partial charge in [0.05, 0.1) is 12.7 Å². The van der Waals surface area contributed by atoms with E-state index in [-0.39, 0.29) is 18.6 Å². The topological polar surface area (TPSA) is 79.2 Å². The zero-order valence-corrected chi connectivity index (χ0v) is 15.5. The Bertz CT molecular complexity index is 556. The van der Waals surface area contributed by atoms with Crippen molar-refractivity contribution in [2.24, 2.45) is 18.9 Å². The van der Waals surface area contributed by atoms with Gasteiger partial charge in [-0.1, -0.05) is 25.7 Å². The Hall–Kier alpha value is -1.56. The number of nitrogens with zero attached hydrogens (tertiary/aromatic N) is 2. The fourth-order valence-electron chi connectivity index (χ4n) is 4.51. The molecule has 1 aromatic rings. The molecule has 0 bridgehead atoms. The van der Waals surface area contributed by atoms with E-state index < -0.39 is 5.60 Å². The van der Waals surface area contributed by atoms with Crippen molar-refractivity contribution in [1.29, 1.82) is 0 Å². The highest BCUT2D eigenvalue weighted by atomic mass is 16.3. The number of hydrogen-bond donors (Lipinski definition) is 3. The first-order valence-corrected chi connectivity index (χ1v) is 9.71. The van der Waals surface area contributed by atoms with Crippen LogP contribution in [0.25, 0.3) is 0 Å². The Morgan fingerprint density at radius 1 is 1.28 bits per heavy atom. The highest BCUT2D eigenvalue weighted by molar-refractivity contribution is 5.74. The maximum absolute atomic E-state index is 12.5. The summed E-state index contributed by atoms with van der Waals surface area (Å²) >= 11 is 0. The van der Waals surface area contributed by atoms with Crippen molar-refractivity contribution in [2.45, 2.75) is 69.9 Å². The number of hydrogen-bond acceptors (Lipinski definition) is 3. The molecule has 6 heteroatoms. The second-order valence-electron chi connectivity index (χ2n) is 8.12. The molecular formula is C19H32N4O2. The monoisotopic (exact) mass is 348 g/mol. The van der Waals surface area contributed by atoms with E-state index in [1.807, 2.05) is 7.05 Å². The van der Waals surface area contributed by atoms with Gasteiger partial charge in [0.15, 0.2) is 0 Å². The summed E-state index contributed by atoms with van der Waals surface area (Å²) in [5.74, 6) is 1.24. The molecule has 3 N–H and O–H groups in total. The summed E-state index contributed by atoms with van der Waals surface area (Å²) in [6.07, 6.45) is 13.5. The number of nitrogens with one attached hydrogen (secondary N) is 2. The number of aryl methyl sites for hydroxylation is 1. The molecule has 2 aliphatic carbocycles. The van der Waals surface area contributed by atoms with Gasteiger partial charge in [0.2, 0.25) is 0 Å². The second kappa shape index (κ2) is 7.77. The number of rotatable bonds is 6. The van der Waals surface area contributed by atoms with Gasteiger partial charge >= 0.3 is 6.03 Å². The van der Waals surface area contributed by atoms with Crippen LogP contribution in [-0.2, 0) is 12.6 Å². The predicted molar refractivity (Wildman–Crippen MR) is 97.0 cm³/mol. The molecule has 0 aromatic carbocycles. The Morgan fingerprint density at radius 2 is 1.84 bits per heavy atom. The van der Waals surface area contributed by atoms with Crippen LogP contribution in [0.3, 0.4) is 0 Å². The summed E-state index contributed by atoms with van der Waals surface area (Å²) in [5, 5.41) is 20.8. The predicted octanol–water partition coefficient (Wildman–Crippen LogP) is 2.68. The van der Waals surface area contributed by atoms with E-state index in [0.717, 1.165) is 0 Å². The summed E-state index contributed by atoms with van der Waals surface area (Å²) in [5.41, 5.74) is -0.416. The zero-order chi connectivity index (χ0) is 17.9. The van der Waals surface area contributed by atoms with Crippen LogP contribution < -0.4 is 10.6 Å². The highest BCUT2D eigenvalue weighted by Crippen LogP contribution is 2.37. The quantitative estimate of drug-likeness (QED) is 0.739. The van der Waals surface area contributed by atoms with Gasteiger partial charge in [0.1, 0.15) is 5.60 Å². The molecule has 0 saturated heterocycles. The van der Waals surface area contributed by atoms with Crippen LogP contribution in [0.4, 0.5) is 4.79 Å². The molecule has 2 saturated carbocycles. The van der Waals surface area contributed by atoms with Gasteiger partial charge in [-0.05, 0) is 44.4 Å². The van der Waals surface area contributed by atoms with Crippen LogP contribution in [-0.4, -0.2) is 33.5 Å². The minimum absolute atomic E-state index is 0.159. The molecule has 1 heterocycles. The van der Waals surface area contributed by atoms with Crippen molar-refractivity contribution in [3.8, 4) is 0 Å². The molecule has 3 rings (SSSR count). The third-order valence-corrected chi connectivity index (χ3v) is 6.03. The van der Waals surface area contributed by atoms with E-state index in [2.05, 4.69) is 15.7 Å². The van der Waals surface area contributed by atoms with Gasteiger partial charge in [-0.3, -0.25) is 4.68 Å². The standard InChI is InChI=1S/C19H32N4O2/c1-19(25,16-11-21-23(2)12-16)13-20-18(24)22-17(14-7-3-4-8-14)15-9-5-6-10-15/h11-12,14-15,17,25H,3-10,13H2,1-2H3,(H2,20,22,24). The lowest BCUT2D eigenvalue weighted by molar-refractivity contribution is 0.0589. The third kappa shape index (κ3) is 4.54. The molecule has 2 aliphatic rings. The number of carbonyl (C=O) groups is 1. The first kappa shape index (κ1) is 18.2. The van der Waals surface area contributed by atoms with E-state index in [0.29, 0.717) is 17.4 Å². The van der Waals surface area contributed by atoms with Gasteiger partial charge in [-0.25, -0.2) is 4.79 Å². The summed E-state index contributed by atoms with van der Waals surface area (Å²) < 4.78 is 1.65. The van der Waals surface area contributed by atoms with E-state index in [1.54, 1.807) is 24.0 Å². The minimum atomic E-state index is -1.12. The molecule has 140 valence electrons. The van der Waals surface area contributed by atoms with E-state index >= 15 is 0 Å². The van der Waals surface area contributed by atoms with Gasteiger partial charge in [-0.15, -0.1) is 0 Å². The second-order valence-corrected chi connectivity index (χ2v) is 8.12. The molecule has 1 atom stereocenters. The molecular weight excluding hydrogens is 316 g/mol. The molecule has 1 aromatic heterocycles. The zero-order valence-electron chi connectivity index (χ0n) is 15.5. The van der Waals surface area contributed by atoms with Gasteiger partial charge in [0, 0.05) is 24.8 Å². The molecule has 0 radical (unpaired) electrons. The van der Waals surface area contributed by atoms with E-state index in [9.17, 15) is 9.90 Å². The number of amides is 2. The van der Waals surface area contributed by atoms with Crippen LogP contribution in [0.2, 0.25) is 0 Å². The largest absolute Gasteiger partial charge is 0.383 e. The fraction of sp³-hybridized carbons (Fsp3) is 0.789. The van der Waals surface area contributed by atoms with Crippen molar-refractivity contribution in [1.82, 2.24) is 20.4 Å². The normalized spacial score (nSPS) is 21.6. The van der Waals surface area contributed by atoms with Gasteiger partial charge in [0.25, 0.3) is 0 Å². The van der Waals surface area contributed by atoms with Crippen molar-refractivity contribution in [2.75, 3.05) is 6.54 Å². The maximum atomic E-state index is 12.5. The lowest BCUT2D eigenvalue weighted by Crippen LogP contribution is -2.50. The van der Waals surface area contributed by atoms with E-state index in [1.165, 1.54) is 51.4 Å². The minimum Gasteiger partial charge on any atom is -0.383 e. The van der Waals surface area contributed by atoms with Gasteiger partial charge in [-0.2, -0.15) is 5.10 Å². The SMILES string of the molecule is Cn1cc(C(C)(O)CNC(=O)NC(C2CCCC2)C2CCCC2)cn1. The fourth-order valence-corrected chi connectivity index (χ4v) is 4.51. The molecule has 6 nitrogen and oxygen atoms in total. The van der Waals surface area contributed by atoms with Crippen molar-refractivity contribution in [3.63, 3.8) is 0 Å². The van der Waals surface area contributed by atoms with Crippen LogP contribution in [0.5, 0.6) is 0 Å². The van der Waals surface area contributed by atoms with Gasteiger partial charge < -0.3 is 15.7 Å². The molecule has 0 spiro atoms. The summed E-state index contributed by atoms with van der Waals surface area (Å²) in [6, 6.07) is 0.126. The lowest BCUT2D eigenvalue weighted by Gasteiger charge is -2.31. The number of urea groups is 1. The molecule has 25 heavy (non-hydrogen) atoms. The molecule has 2 amide bonds. The van der Waals surface area contributed by atoms with Crippen LogP contribution in [0.15, 0.2) is 12.4 Å². The molecule has 0 aliphatic heterocycles. The average Bonchev–Trinajstić information content (AvgIpc) is 3.32. The van der Waals surface area contributed by atoms with Crippen molar-refractivity contribution >= 4 is 6.03 Å². The number of aliphatic hydroxyl groups is 1. The van der Waals surface area contributed by atoms with Crippen LogP contribution in [0.1, 0.15) is 63.9 Å². The Labute approximate surface area is 150 Å². The van der Waals surface area contributed by atoms with Crippen LogP contribution >= 0.6 is 0 Å². The average molecular weight is 348 g/mol. The lowest BCUT2D eigenvalue weighted by atomic mass is 9.86. The summed E-state index contributed by atoms with van der Waals surface area (Å²) in [7, 11) is 1.81. The maximum Gasteiger partial charge on any atom is 0.315 e. The van der Waals surface area contributed by atoms with Crippen LogP contribution in [0, 0.1) is 11.8 Å². The molecule has 1 unspecified atom stereocenters. The Morgan fingerprint density at radius 3 is 2.32 bits per heavy atom. The first-order valence-electron chi connectivity index (χ1n) is 9.71. The van der Waals surface area contributed by atoms with Crippen molar-refractivity contribution < 1.29 is 9.90 Å². The number of aromatic nitrogens is 2. The Balaban J connectivity index is 1.55. The third-order valence-electron chi connectivity index (χ3n) is 6.03. The first-order chi connectivity index (χ1) is 12.0. The summed E-state index contributed by atoms with van der Waals surface area (Å²) in [4.78, 5) is 12.5. The summed E-state index contributed by atoms with van der Waals surface area (Å²) in [6.45, 7) is 1.88. The van der Waals surface area contributed by atoms with Crippen molar-refractivity contribution in [3.05, 3.63) is 18.0 Å². The molecule has 2 fully saturated rings. The van der Waals surface area contributed by atoms with E-state index in [4.69, 9.17) is 0 Å². The highest BCUT2D eigenvalue weighted by Gasteiger charge is 2.34. The number of carbonyl (C=O) groups excluding carboxylic acids is 1. The Kier molecular flexibility index (Phi) is 5.67.